The largest absolute Gasteiger partial charge is 0.467 e. The van der Waals surface area contributed by atoms with Crippen molar-refractivity contribution >= 4 is 17.0 Å². The fourth-order valence-corrected chi connectivity index (χ4v) is 3.28. The Morgan fingerprint density at radius 2 is 2.12 bits per heavy atom. The van der Waals surface area contributed by atoms with Crippen molar-refractivity contribution in [2.24, 2.45) is 0 Å². The van der Waals surface area contributed by atoms with Gasteiger partial charge in [0, 0.05) is 13.2 Å². The van der Waals surface area contributed by atoms with Gasteiger partial charge in [0.05, 0.1) is 24.4 Å². The fourth-order valence-electron chi connectivity index (χ4n) is 3.28. The summed E-state index contributed by atoms with van der Waals surface area (Å²) in [7, 11) is 0. The molecule has 0 spiro atoms. The topological polar surface area (TPSA) is 77.8 Å². The van der Waals surface area contributed by atoms with Crippen LogP contribution in [0.2, 0.25) is 0 Å². The quantitative estimate of drug-likeness (QED) is 0.678. The molecule has 0 saturated carbocycles. The number of furan rings is 1. The molecular weight excluding hydrogens is 336 g/mol. The predicted molar refractivity (Wildman–Crippen MR) is 93.6 cm³/mol. The van der Waals surface area contributed by atoms with E-state index in [1.807, 2.05) is 12.1 Å². The highest BCUT2D eigenvalue weighted by atomic mass is 16.5. The van der Waals surface area contributed by atoms with E-state index in [2.05, 4.69) is 0 Å². The van der Waals surface area contributed by atoms with Crippen molar-refractivity contribution in [1.82, 2.24) is 9.47 Å². The van der Waals surface area contributed by atoms with Crippen LogP contribution in [-0.4, -0.2) is 34.6 Å². The average molecular weight is 356 g/mol. The Morgan fingerprint density at radius 3 is 2.88 bits per heavy atom. The summed E-state index contributed by atoms with van der Waals surface area (Å²) in [6.45, 7) is 1.46. The van der Waals surface area contributed by atoms with E-state index >= 15 is 0 Å². The highest BCUT2D eigenvalue weighted by Gasteiger charge is 2.24. The third kappa shape index (κ3) is 3.43. The van der Waals surface area contributed by atoms with Crippen molar-refractivity contribution in [1.29, 1.82) is 0 Å². The van der Waals surface area contributed by atoms with Crippen LogP contribution in [0, 0.1) is 0 Å². The first-order valence-corrected chi connectivity index (χ1v) is 8.71. The minimum atomic E-state index is -0.533. The molecule has 0 bridgehead atoms. The monoisotopic (exact) mass is 356 g/mol. The van der Waals surface area contributed by atoms with Gasteiger partial charge in [-0.05, 0) is 37.1 Å². The summed E-state index contributed by atoms with van der Waals surface area (Å²) in [4.78, 5) is 26.8. The maximum absolute atomic E-state index is 12.9. The SMILES string of the molecule is O=C(Cn1c(=O)oc2ccccc21)N(Cc1ccco1)C[C@@H]1CCCO1. The van der Waals surface area contributed by atoms with Crippen LogP contribution in [0.15, 0.2) is 56.3 Å². The molecule has 1 aromatic carbocycles. The van der Waals surface area contributed by atoms with Gasteiger partial charge in [-0.15, -0.1) is 0 Å². The predicted octanol–water partition coefficient (Wildman–Crippen LogP) is 2.40. The van der Waals surface area contributed by atoms with Gasteiger partial charge in [0.2, 0.25) is 5.91 Å². The molecule has 136 valence electrons. The molecule has 0 radical (unpaired) electrons. The van der Waals surface area contributed by atoms with E-state index in [4.69, 9.17) is 13.6 Å². The Kier molecular flexibility index (Phi) is 4.62. The van der Waals surface area contributed by atoms with E-state index < -0.39 is 5.76 Å². The van der Waals surface area contributed by atoms with Crippen molar-refractivity contribution in [3.63, 3.8) is 0 Å². The second kappa shape index (κ2) is 7.21. The van der Waals surface area contributed by atoms with Gasteiger partial charge in [-0.3, -0.25) is 9.36 Å². The number of aromatic nitrogens is 1. The van der Waals surface area contributed by atoms with Gasteiger partial charge < -0.3 is 18.5 Å². The molecule has 0 aliphatic carbocycles. The third-order valence-electron chi connectivity index (χ3n) is 4.59. The average Bonchev–Trinajstić information content (AvgIpc) is 3.37. The van der Waals surface area contributed by atoms with Gasteiger partial charge in [-0.2, -0.15) is 0 Å². The van der Waals surface area contributed by atoms with Gasteiger partial charge in [0.1, 0.15) is 12.3 Å². The van der Waals surface area contributed by atoms with Crippen LogP contribution < -0.4 is 5.76 Å². The first kappa shape index (κ1) is 16.7. The molecule has 0 unspecified atom stereocenters. The van der Waals surface area contributed by atoms with Crippen molar-refractivity contribution in [3.05, 3.63) is 59.0 Å². The summed E-state index contributed by atoms with van der Waals surface area (Å²) < 4.78 is 17.6. The Labute approximate surface area is 149 Å². The minimum Gasteiger partial charge on any atom is -0.467 e. The Morgan fingerprint density at radius 1 is 1.23 bits per heavy atom. The summed E-state index contributed by atoms with van der Waals surface area (Å²) in [5, 5.41) is 0. The van der Waals surface area contributed by atoms with Gasteiger partial charge in [0.25, 0.3) is 0 Å². The van der Waals surface area contributed by atoms with E-state index in [9.17, 15) is 9.59 Å². The van der Waals surface area contributed by atoms with Gasteiger partial charge in [-0.1, -0.05) is 12.1 Å². The van der Waals surface area contributed by atoms with Crippen LogP contribution in [0.3, 0.4) is 0 Å². The van der Waals surface area contributed by atoms with Crippen molar-refractivity contribution in [2.75, 3.05) is 13.2 Å². The Bertz CT molecular complexity index is 934. The number of amides is 1. The zero-order valence-electron chi connectivity index (χ0n) is 14.3. The molecule has 26 heavy (non-hydrogen) atoms. The van der Waals surface area contributed by atoms with Crippen LogP contribution in [-0.2, 0) is 22.6 Å². The second-order valence-corrected chi connectivity index (χ2v) is 6.41. The molecule has 1 aliphatic heterocycles. The third-order valence-corrected chi connectivity index (χ3v) is 4.59. The van der Waals surface area contributed by atoms with Crippen LogP contribution >= 0.6 is 0 Å². The van der Waals surface area contributed by atoms with Crippen molar-refractivity contribution in [3.8, 4) is 0 Å². The number of oxazole rings is 1. The van der Waals surface area contributed by atoms with Gasteiger partial charge in [0.15, 0.2) is 5.58 Å². The lowest BCUT2D eigenvalue weighted by Gasteiger charge is -2.24. The van der Waals surface area contributed by atoms with Crippen LogP contribution in [0.25, 0.3) is 11.1 Å². The summed E-state index contributed by atoms with van der Waals surface area (Å²) in [6.07, 6.45) is 3.53. The molecule has 1 fully saturated rings. The maximum atomic E-state index is 12.9. The molecule has 7 nitrogen and oxygen atoms in total. The molecule has 1 amide bonds. The first-order chi connectivity index (χ1) is 12.7. The molecular formula is C19H20N2O5. The van der Waals surface area contributed by atoms with Gasteiger partial charge in [-0.25, -0.2) is 4.79 Å². The fraction of sp³-hybridized carbons (Fsp3) is 0.368. The summed E-state index contributed by atoms with van der Waals surface area (Å²) >= 11 is 0. The number of benzene rings is 1. The molecule has 4 rings (SSSR count). The maximum Gasteiger partial charge on any atom is 0.420 e. The molecule has 0 N–H and O–H groups in total. The lowest BCUT2D eigenvalue weighted by atomic mass is 10.2. The minimum absolute atomic E-state index is 0.0201. The number of hydrogen-bond acceptors (Lipinski definition) is 5. The number of rotatable bonds is 6. The van der Waals surface area contributed by atoms with Gasteiger partial charge >= 0.3 is 5.76 Å². The van der Waals surface area contributed by atoms with E-state index in [0.29, 0.717) is 29.9 Å². The Balaban J connectivity index is 1.56. The molecule has 7 heteroatoms. The number of hydrogen-bond donors (Lipinski definition) is 0. The Hall–Kier alpha value is -2.80. The standard InChI is InChI=1S/C19H20N2O5/c22-18(13-21-16-7-1-2-8-17(16)26-19(21)23)20(11-14-5-3-9-24-14)12-15-6-4-10-25-15/h1-3,5,7-9,15H,4,6,10-13H2/t15-/m0/s1. The lowest BCUT2D eigenvalue weighted by molar-refractivity contribution is -0.134. The summed E-state index contributed by atoms with van der Waals surface area (Å²) in [5.74, 6) is -0.0130. The van der Waals surface area contributed by atoms with Crippen molar-refractivity contribution in [2.45, 2.75) is 32.0 Å². The zero-order valence-corrected chi connectivity index (χ0v) is 14.3. The second-order valence-electron chi connectivity index (χ2n) is 6.41. The van der Waals surface area contributed by atoms with Crippen LogP contribution in [0.1, 0.15) is 18.6 Å². The number of ether oxygens (including phenoxy) is 1. The zero-order chi connectivity index (χ0) is 17.9. The number of fused-ring (bicyclic) bond motifs is 1. The highest BCUT2D eigenvalue weighted by molar-refractivity contribution is 5.79. The van der Waals surface area contributed by atoms with E-state index in [1.165, 1.54) is 4.57 Å². The van der Waals surface area contributed by atoms with Crippen LogP contribution in [0.4, 0.5) is 0 Å². The molecule has 1 atom stereocenters. The molecule has 1 aliphatic rings. The molecule has 1 saturated heterocycles. The van der Waals surface area contributed by atoms with E-state index in [1.54, 1.807) is 35.4 Å². The number of para-hydroxylation sites is 2. The molecule has 3 heterocycles. The smallest absolute Gasteiger partial charge is 0.420 e. The number of nitrogens with zero attached hydrogens (tertiary/aromatic N) is 2. The summed E-state index contributed by atoms with van der Waals surface area (Å²) in [5.41, 5.74) is 1.09. The number of carbonyl (C=O) groups excluding carboxylic acids is 1. The first-order valence-electron chi connectivity index (χ1n) is 8.71. The molecule has 3 aromatic rings. The molecule has 2 aromatic heterocycles. The van der Waals surface area contributed by atoms with E-state index in [0.717, 1.165) is 19.4 Å². The highest BCUT2D eigenvalue weighted by Crippen LogP contribution is 2.17. The van der Waals surface area contributed by atoms with Crippen molar-refractivity contribution < 1.29 is 18.4 Å². The number of carbonyl (C=O) groups is 1. The summed E-state index contributed by atoms with van der Waals surface area (Å²) in [6, 6.07) is 10.7. The normalized spacial score (nSPS) is 17.0. The van der Waals surface area contributed by atoms with Crippen LogP contribution in [0.5, 0.6) is 0 Å². The van der Waals surface area contributed by atoms with E-state index in [-0.39, 0.29) is 18.6 Å². The lowest BCUT2D eigenvalue weighted by Crippen LogP contribution is -2.39.